The molecule has 0 aliphatic rings. The molecule has 30 heavy (non-hydrogen) atoms. The average molecular weight is 424 g/mol. The van der Waals surface area contributed by atoms with E-state index in [1.165, 1.54) is 30.5 Å². The Morgan fingerprint density at radius 3 is 1.60 bits per heavy atom. The first-order valence-corrected chi connectivity index (χ1v) is 8.82. The van der Waals surface area contributed by atoms with E-state index in [4.69, 9.17) is 28.6 Å². The average Bonchev–Trinajstić information content (AvgIpc) is 3.37. The van der Waals surface area contributed by atoms with Gasteiger partial charge in [0.2, 0.25) is 17.3 Å². The van der Waals surface area contributed by atoms with Crippen molar-refractivity contribution < 1.29 is 47.4 Å². The molecule has 1 N–H and O–H groups in total. The summed E-state index contributed by atoms with van der Waals surface area (Å²) in [6.45, 7) is 8.36. The van der Waals surface area contributed by atoms with Crippen LogP contribution < -0.4 is 0 Å². The molecule has 0 fully saturated rings. The first-order valence-electron chi connectivity index (χ1n) is 8.82. The van der Waals surface area contributed by atoms with Crippen molar-refractivity contribution >= 4 is 24.1 Å². The summed E-state index contributed by atoms with van der Waals surface area (Å²) in [5.41, 5.74) is 0. The highest BCUT2D eigenvalue weighted by Crippen LogP contribution is 2.12. The number of carboxylic acids is 1. The molecule has 0 saturated heterocycles. The monoisotopic (exact) mass is 424 g/mol. The molecule has 0 radical (unpaired) electrons. The number of esters is 2. The molecule has 164 valence electrons. The third kappa shape index (κ3) is 11.3. The van der Waals surface area contributed by atoms with Crippen LogP contribution in [0, 0.1) is 11.8 Å². The Morgan fingerprint density at radius 2 is 1.33 bits per heavy atom. The molecule has 0 amide bonds. The molecule has 0 aliphatic carbocycles. The molecule has 0 spiro atoms. The first-order chi connectivity index (χ1) is 14.1. The summed E-state index contributed by atoms with van der Waals surface area (Å²) in [5, 5.41) is 8.18. The highest BCUT2D eigenvalue weighted by molar-refractivity contribution is 5.90. The second kappa shape index (κ2) is 14.4. The summed E-state index contributed by atoms with van der Waals surface area (Å²) in [7, 11) is 0. The van der Waals surface area contributed by atoms with E-state index >= 15 is 0 Å². The summed E-state index contributed by atoms with van der Waals surface area (Å²) in [5.74, 6) is -1.69. The molecule has 0 atom stereocenters. The van der Waals surface area contributed by atoms with Gasteiger partial charge in [-0.3, -0.25) is 0 Å². The molecule has 0 bridgehead atoms. The fraction of sp³-hybridized carbons (Fsp3) is 0.400. The lowest BCUT2D eigenvalue weighted by atomic mass is 10.2. The molecule has 0 saturated carbocycles. The van der Waals surface area contributed by atoms with Crippen molar-refractivity contribution in [2.45, 2.75) is 27.7 Å². The van der Waals surface area contributed by atoms with Crippen LogP contribution in [0.15, 0.2) is 39.4 Å². The van der Waals surface area contributed by atoms with E-state index in [1.807, 2.05) is 27.7 Å². The summed E-state index contributed by atoms with van der Waals surface area (Å²) >= 11 is 0. The third-order valence-electron chi connectivity index (χ3n) is 2.84. The van der Waals surface area contributed by atoms with E-state index in [-0.39, 0.29) is 35.3 Å². The highest BCUT2D eigenvalue weighted by Gasteiger charge is 2.18. The minimum Gasteiger partial charge on any atom is -0.475 e. The van der Waals surface area contributed by atoms with Crippen LogP contribution in [0.2, 0.25) is 0 Å². The van der Waals surface area contributed by atoms with Gasteiger partial charge in [0.15, 0.2) is 0 Å². The van der Waals surface area contributed by atoms with Gasteiger partial charge in [-0.2, -0.15) is 9.59 Å². The number of aromatic carboxylic acids is 1. The number of ether oxygens (including phenoxy) is 2. The highest BCUT2D eigenvalue weighted by atomic mass is 16.6. The first kappa shape index (κ1) is 26.4. The SMILES string of the molecule is CC(C)COC(=O)c1ccc(C(=O)OCC(C)C)o1.O=C(O)c1ccco1.O=C=O. The largest absolute Gasteiger partial charge is 0.475 e. The number of carbonyl (C=O) groups excluding carboxylic acids is 4. The number of hydrogen-bond donors (Lipinski definition) is 1. The Balaban J connectivity index is 0.000000628. The van der Waals surface area contributed by atoms with Crippen LogP contribution in [0.25, 0.3) is 0 Å². The van der Waals surface area contributed by atoms with Gasteiger partial charge in [-0.25, -0.2) is 14.4 Å². The molecule has 2 rings (SSSR count). The predicted molar refractivity (Wildman–Crippen MR) is 99.6 cm³/mol. The minimum absolute atomic E-state index is 0.0112. The van der Waals surface area contributed by atoms with Crippen LogP contribution in [0.1, 0.15) is 59.4 Å². The fourth-order valence-electron chi connectivity index (χ4n) is 1.58. The Kier molecular flexibility index (Phi) is 12.6. The smallest absolute Gasteiger partial charge is 0.374 e. The Bertz CT molecular complexity index is 770. The standard InChI is InChI=1S/C14H20O5.C5H4O3.CO2/c1-9(2)7-17-13(15)11-5-6-12(19-11)14(16)18-8-10(3)4;6-5(7)4-2-1-3-8-4;2-1-3/h5-6,9-10H,7-8H2,1-4H3;1-3H,(H,6,7);. The Hall–Kier alpha value is -3.65. The minimum atomic E-state index is -1.03. The molecular weight excluding hydrogens is 400 g/mol. The van der Waals surface area contributed by atoms with Crippen molar-refractivity contribution in [1.82, 2.24) is 0 Å². The summed E-state index contributed by atoms with van der Waals surface area (Å²) in [4.78, 5) is 49.4. The van der Waals surface area contributed by atoms with Crippen molar-refractivity contribution in [3.63, 3.8) is 0 Å². The number of rotatable bonds is 7. The van der Waals surface area contributed by atoms with Crippen LogP contribution >= 0.6 is 0 Å². The third-order valence-corrected chi connectivity index (χ3v) is 2.84. The van der Waals surface area contributed by atoms with Crippen LogP contribution in [0.5, 0.6) is 0 Å². The number of carboxylic acid groups (broad SMARTS) is 1. The summed E-state index contributed by atoms with van der Waals surface area (Å²) in [6, 6.07) is 5.75. The topological polar surface area (TPSA) is 150 Å². The zero-order valence-electron chi connectivity index (χ0n) is 17.1. The zero-order chi connectivity index (χ0) is 23.1. The van der Waals surface area contributed by atoms with E-state index in [2.05, 4.69) is 4.42 Å². The number of furan rings is 2. The number of hydrogen-bond acceptors (Lipinski definition) is 9. The van der Waals surface area contributed by atoms with Crippen LogP contribution in [-0.4, -0.2) is 42.4 Å². The van der Waals surface area contributed by atoms with Gasteiger partial charge in [-0.15, -0.1) is 0 Å². The fourth-order valence-corrected chi connectivity index (χ4v) is 1.58. The second-order valence-electron chi connectivity index (χ2n) is 6.51. The summed E-state index contributed by atoms with van der Waals surface area (Å²) < 4.78 is 19.6. The van der Waals surface area contributed by atoms with E-state index in [9.17, 15) is 14.4 Å². The van der Waals surface area contributed by atoms with Gasteiger partial charge in [0.05, 0.1) is 19.5 Å². The molecule has 2 aromatic heterocycles. The molecule has 2 heterocycles. The quantitative estimate of drug-likeness (QED) is 0.656. The molecule has 10 heteroatoms. The lowest BCUT2D eigenvalue weighted by Crippen LogP contribution is -2.10. The maximum atomic E-state index is 11.6. The number of carbonyl (C=O) groups is 3. The van der Waals surface area contributed by atoms with Crippen LogP contribution in [0.3, 0.4) is 0 Å². The molecule has 0 unspecified atom stereocenters. The molecular formula is C20H24O10. The lowest BCUT2D eigenvalue weighted by Gasteiger charge is -2.05. The van der Waals surface area contributed by atoms with E-state index in [0.717, 1.165) is 0 Å². The van der Waals surface area contributed by atoms with Crippen molar-refractivity contribution in [2.24, 2.45) is 11.8 Å². The maximum absolute atomic E-state index is 11.6. The van der Waals surface area contributed by atoms with Crippen molar-refractivity contribution in [2.75, 3.05) is 13.2 Å². The van der Waals surface area contributed by atoms with E-state index in [0.29, 0.717) is 13.2 Å². The lowest BCUT2D eigenvalue weighted by molar-refractivity contribution is -0.191. The van der Waals surface area contributed by atoms with Crippen LogP contribution in [0.4, 0.5) is 0 Å². The van der Waals surface area contributed by atoms with Crippen LogP contribution in [-0.2, 0) is 19.1 Å². The Labute approximate surface area is 172 Å². The van der Waals surface area contributed by atoms with Gasteiger partial charge in [-0.05, 0) is 36.1 Å². The van der Waals surface area contributed by atoms with Gasteiger partial charge >= 0.3 is 24.1 Å². The van der Waals surface area contributed by atoms with E-state index in [1.54, 1.807) is 0 Å². The molecule has 10 nitrogen and oxygen atoms in total. The summed E-state index contributed by atoms with van der Waals surface area (Å²) in [6.07, 6.45) is 1.57. The Morgan fingerprint density at radius 1 is 0.900 bits per heavy atom. The maximum Gasteiger partial charge on any atom is 0.374 e. The van der Waals surface area contributed by atoms with Crippen molar-refractivity contribution in [3.05, 3.63) is 47.8 Å². The van der Waals surface area contributed by atoms with Gasteiger partial charge in [0, 0.05) is 0 Å². The van der Waals surface area contributed by atoms with Crippen molar-refractivity contribution in [1.29, 1.82) is 0 Å². The normalized spacial score (nSPS) is 9.53. The molecule has 0 aliphatic heterocycles. The van der Waals surface area contributed by atoms with Gasteiger partial charge < -0.3 is 23.4 Å². The zero-order valence-corrected chi connectivity index (χ0v) is 17.1. The van der Waals surface area contributed by atoms with Gasteiger partial charge in [-0.1, -0.05) is 27.7 Å². The molecule has 2 aromatic rings. The van der Waals surface area contributed by atoms with Gasteiger partial charge in [0.1, 0.15) is 0 Å². The second-order valence-corrected chi connectivity index (χ2v) is 6.51. The molecule has 0 aromatic carbocycles. The van der Waals surface area contributed by atoms with Gasteiger partial charge in [0.25, 0.3) is 0 Å². The van der Waals surface area contributed by atoms with Crippen molar-refractivity contribution in [3.8, 4) is 0 Å². The predicted octanol–water partition coefficient (Wildman–Crippen LogP) is 3.30. The van der Waals surface area contributed by atoms with E-state index < -0.39 is 17.9 Å².